The van der Waals surface area contributed by atoms with Gasteiger partial charge < -0.3 is 5.11 Å². The Labute approximate surface area is 83.4 Å². The lowest BCUT2D eigenvalue weighted by Crippen LogP contribution is -1.72. The highest BCUT2D eigenvalue weighted by Crippen LogP contribution is 2.30. The van der Waals surface area contributed by atoms with Crippen LogP contribution in [0.15, 0.2) is 18.2 Å². The molecule has 1 heterocycles. The zero-order valence-corrected chi connectivity index (χ0v) is 8.12. The van der Waals surface area contributed by atoms with Crippen LogP contribution in [0, 0.1) is 5.82 Å². The summed E-state index contributed by atoms with van der Waals surface area (Å²) >= 11 is 6.93. The molecule has 2 aromatic rings. The molecule has 1 aromatic heterocycles. The number of fused-ring (bicyclic) bond motifs is 1. The van der Waals surface area contributed by atoms with Gasteiger partial charge in [0.1, 0.15) is 5.82 Å². The molecule has 0 saturated carbocycles. The van der Waals surface area contributed by atoms with E-state index in [4.69, 9.17) is 16.7 Å². The van der Waals surface area contributed by atoms with Gasteiger partial charge in [0.2, 0.25) is 0 Å². The summed E-state index contributed by atoms with van der Waals surface area (Å²) in [7, 11) is 0. The van der Waals surface area contributed by atoms with Gasteiger partial charge in [0.15, 0.2) is 0 Å². The maximum Gasteiger partial charge on any atom is 0.142 e. The number of aliphatic hydroxyl groups excluding tert-OH is 1. The van der Waals surface area contributed by atoms with Crippen LogP contribution in [0.5, 0.6) is 0 Å². The van der Waals surface area contributed by atoms with Crippen LogP contribution < -0.4 is 0 Å². The van der Waals surface area contributed by atoms with Gasteiger partial charge in [-0.2, -0.15) is 0 Å². The second kappa shape index (κ2) is 3.25. The Bertz CT molecular complexity index is 452. The maximum atomic E-state index is 13.2. The minimum absolute atomic E-state index is 0.0591. The molecule has 0 unspecified atom stereocenters. The third-order valence-electron chi connectivity index (χ3n) is 1.74. The maximum absolute atomic E-state index is 13.2. The molecule has 0 fully saturated rings. The third kappa shape index (κ3) is 1.55. The highest BCUT2D eigenvalue weighted by Gasteiger charge is 2.06. The minimum Gasteiger partial charge on any atom is -0.391 e. The fraction of sp³-hybridized carbons (Fsp3) is 0.111. The van der Waals surface area contributed by atoms with E-state index in [1.54, 1.807) is 12.1 Å². The Morgan fingerprint density at radius 3 is 2.85 bits per heavy atom. The molecular weight excluding hydrogens is 211 g/mol. The van der Waals surface area contributed by atoms with Crippen molar-refractivity contribution in [1.82, 2.24) is 0 Å². The highest BCUT2D eigenvalue weighted by atomic mass is 35.5. The van der Waals surface area contributed by atoms with Crippen molar-refractivity contribution in [3.8, 4) is 0 Å². The number of hydrogen-bond donors (Lipinski definition) is 1. The summed E-state index contributed by atoms with van der Waals surface area (Å²) in [6, 6.07) is 4.71. The van der Waals surface area contributed by atoms with Crippen molar-refractivity contribution >= 4 is 33.0 Å². The van der Waals surface area contributed by atoms with E-state index >= 15 is 0 Å². The van der Waals surface area contributed by atoms with Gasteiger partial charge in [0.05, 0.1) is 11.3 Å². The largest absolute Gasteiger partial charge is 0.391 e. The van der Waals surface area contributed by atoms with Gasteiger partial charge in [-0.15, -0.1) is 11.3 Å². The zero-order chi connectivity index (χ0) is 9.42. The lowest BCUT2D eigenvalue weighted by Gasteiger charge is -1.92. The molecule has 0 aliphatic carbocycles. The van der Waals surface area contributed by atoms with E-state index in [-0.39, 0.29) is 12.4 Å². The molecule has 1 aromatic carbocycles. The van der Waals surface area contributed by atoms with E-state index < -0.39 is 0 Å². The summed E-state index contributed by atoms with van der Waals surface area (Å²) < 4.78 is 13.8. The molecule has 13 heavy (non-hydrogen) atoms. The Morgan fingerprint density at radius 2 is 2.15 bits per heavy atom. The molecular formula is C9H6ClFOS. The lowest BCUT2D eigenvalue weighted by molar-refractivity contribution is 0.285. The quantitative estimate of drug-likeness (QED) is 0.776. The Morgan fingerprint density at radius 1 is 1.38 bits per heavy atom. The average Bonchev–Trinajstić information content (AvgIpc) is 2.47. The topological polar surface area (TPSA) is 20.2 Å². The number of halogens is 2. The average molecular weight is 217 g/mol. The van der Waals surface area contributed by atoms with Crippen molar-refractivity contribution in [2.75, 3.05) is 0 Å². The molecule has 0 spiro atoms. The number of thiophene rings is 1. The van der Waals surface area contributed by atoms with Crippen LogP contribution in [0.1, 0.15) is 4.88 Å². The van der Waals surface area contributed by atoms with Crippen molar-refractivity contribution in [2.45, 2.75) is 6.61 Å². The molecule has 2 rings (SSSR count). The van der Waals surface area contributed by atoms with Crippen molar-refractivity contribution < 1.29 is 9.50 Å². The van der Waals surface area contributed by atoms with Gasteiger partial charge in [-0.05, 0) is 23.6 Å². The third-order valence-corrected chi connectivity index (χ3v) is 3.10. The molecule has 0 aliphatic rings. The number of rotatable bonds is 1. The van der Waals surface area contributed by atoms with Crippen molar-refractivity contribution in [1.29, 1.82) is 0 Å². The van der Waals surface area contributed by atoms with Gasteiger partial charge in [0, 0.05) is 9.90 Å². The van der Waals surface area contributed by atoms with Crippen LogP contribution in [-0.4, -0.2) is 5.11 Å². The molecule has 68 valence electrons. The molecule has 0 radical (unpaired) electrons. The first-order chi connectivity index (χ1) is 6.20. The van der Waals surface area contributed by atoms with E-state index in [0.717, 1.165) is 10.3 Å². The molecule has 0 saturated heterocycles. The molecule has 0 amide bonds. The van der Waals surface area contributed by atoms with Crippen LogP contribution >= 0.6 is 22.9 Å². The van der Waals surface area contributed by atoms with Gasteiger partial charge in [-0.25, -0.2) is 4.39 Å². The monoisotopic (exact) mass is 216 g/mol. The van der Waals surface area contributed by atoms with Crippen LogP contribution in [0.2, 0.25) is 5.02 Å². The standard InChI is InChI=1S/C9H6ClFOS/c10-6-1-5-2-7(4-12)13-9(5)8(11)3-6/h1-3,12H,4H2. The van der Waals surface area contributed by atoms with Crippen LogP contribution in [0.4, 0.5) is 4.39 Å². The SMILES string of the molecule is OCc1cc2cc(Cl)cc(F)c2s1. The fourth-order valence-electron chi connectivity index (χ4n) is 1.21. The van der Waals surface area contributed by atoms with Gasteiger partial charge in [-0.1, -0.05) is 11.6 Å². The number of hydrogen-bond acceptors (Lipinski definition) is 2. The summed E-state index contributed by atoms with van der Waals surface area (Å²) in [5.74, 6) is -0.327. The molecule has 0 atom stereocenters. The zero-order valence-electron chi connectivity index (χ0n) is 6.55. The molecule has 1 nitrogen and oxygen atoms in total. The second-order valence-corrected chi connectivity index (χ2v) is 4.25. The van der Waals surface area contributed by atoms with Crippen molar-refractivity contribution in [3.63, 3.8) is 0 Å². The normalized spacial score (nSPS) is 11.0. The van der Waals surface area contributed by atoms with E-state index in [1.807, 2.05) is 0 Å². The van der Waals surface area contributed by atoms with Crippen molar-refractivity contribution in [2.24, 2.45) is 0 Å². The summed E-state index contributed by atoms with van der Waals surface area (Å²) in [6.45, 7) is -0.0591. The smallest absolute Gasteiger partial charge is 0.142 e. The number of benzene rings is 1. The Hall–Kier alpha value is -0.640. The van der Waals surface area contributed by atoms with E-state index in [2.05, 4.69) is 0 Å². The summed E-state index contributed by atoms with van der Waals surface area (Å²) in [5.41, 5.74) is 0. The minimum atomic E-state index is -0.327. The van der Waals surface area contributed by atoms with Gasteiger partial charge in [0.25, 0.3) is 0 Å². The van der Waals surface area contributed by atoms with Gasteiger partial charge in [-0.3, -0.25) is 0 Å². The van der Waals surface area contributed by atoms with Crippen LogP contribution in [0.3, 0.4) is 0 Å². The summed E-state index contributed by atoms with van der Waals surface area (Å²) in [4.78, 5) is 0.746. The predicted molar refractivity (Wildman–Crippen MR) is 52.7 cm³/mol. The first-order valence-corrected chi connectivity index (χ1v) is 4.88. The first kappa shape index (κ1) is 8.94. The Kier molecular flexibility index (Phi) is 2.24. The molecule has 0 bridgehead atoms. The van der Waals surface area contributed by atoms with Crippen molar-refractivity contribution in [3.05, 3.63) is 33.9 Å². The van der Waals surface area contributed by atoms with Crippen LogP contribution in [-0.2, 0) is 6.61 Å². The van der Waals surface area contributed by atoms with E-state index in [1.165, 1.54) is 17.4 Å². The van der Waals surface area contributed by atoms with Gasteiger partial charge >= 0.3 is 0 Å². The second-order valence-electron chi connectivity index (χ2n) is 2.68. The molecule has 1 N–H and O–H groups in total. The van der Waals surface area contributed by atoms with Crippen LogP contribution in [0.25, 0.3) is 10.1 Å². The van der Waals surface area contributed by atoms with E-state index in [0.29, 0.717) is 9.72 Å². The lowest BCUT2D eigenvalue weighted by atomic mass is 10.2. The Balaban J connectivity index is 2.75. The summed E-state index contributed by atoms with van der Waals surface area (Å²) in [5, 5.41) is 9.98. The number of aliphatic hydroxyl groups is 1. The molecule has 0 aliphatic heterocycles. The fourth-order valence-corrected chi connectivity index (χ4v) is 2.33. The predicted octanol–water partition coefficient (Wildman–Crippen LogP) is 3.19. The highest BCUT2D eigenvalue weighted by molar-refractivity contribution is 7.19. The summed E-state index contributed by atoms with van der Waals surface area (Å²) in [6.07, 6.45) is 0. The van der Waals surface area contributed by atoms with E-state index in [9.17, 15) is 4.39 Å². The molecule has 4 heteroatoms. The first-order valence-electron chi connectivity index (χ1n) is 3.69.